The van der Waals surface area contributed by atoms with Crippen LogP contribution in [0.5, 0.6) is 5.75 Å². The first-order valence-corrected chi connectivity index (χ1v) is 13.2. The number of piperidine rings is 1. The van der Waals surface area contributed by atoms with Crippen molar-refractivity contribution in [2.45, 2.75) is 30.6 Å². The van der Waals surface area contributed by atoms with Crippen molar-refractivity contribution in [3.63, 3.8) is 0 Å². The van der Waals surface area contributed by atoms with Crippen molar-refractivity contribution in [3.05, 3.63) is 52.5 Å². The molecule has 0 saturated carbocycles. The number of carbonyl (C=O) groups is 2. The molecule has 0 unspecified atom stereocenters. The number of sulfone groups is 1. The van der Waals surface area contributed by atoms with Gasteiger partial charge in [0, 0.05) is 42.5 Å². The van der Waals surface area contributed by atoms with E-state index < -0.39 is 9.84 Å². The number of hydrogen-bond donors (Lipinski definition) is 0. The Morgan fingerprint density at radius 2 is 1.79 bits per heavy atom. The summed E-state index contributed by atoms with van der Waals surface area (Å²) in [7, 11) is -1.78. The Bertz CT molecular complexity index is 1190. The van der Waals surface area contributed by atoms with E-state index in [1.165, 1.54) is 13.4 Å². The van der Waals surface area contributed by atoms with E-state index in [2.05, 4.69) is 0 Å². The third kappa shape index (κ3) is 4.87. The van der Waals surface area contributed by atoms with E-state index in [9.17, 15) is 18.0 Å². The number of anilines is 1. The molecule has 0 aliphatic carbocycles. The molecule has 0 bridgehead atoms. The molecule has 0 aromatic heterocycles. The van der Waals surface area contributed by atoms with Crippen LogP contribution in [0.1, 0.15) is 35.2 Å². The fourth-order valence-electron chi connectivity index (χ4n) is 4.60. The zero-order valence-electron chi connectivity index (χ0n) is 18.7. The highest BCUT2D eigenvalue weighted by Crippen LogP contribution is 2.33. The highest BCUT2D eigenvalue weighted by atomic mass is 35.5. The van der Waals surface area contributed by atoms with Gasteiger partial charge in [0.05, 0.1) is 17.6 Å². The molecule has 2 amide bonds. The lowest BCUT2D eigenvalue weighted by Gasteiger charge is -2.36. The van der Waals surface area contributed by atoms with Crippen LogP contribution < -0.4 is 9.64 Å². The van der Waals surface area contributed by atoms with Crippen molar-refractivity contribution in [3.8, 4) is 5.75 Å². The van der Waals surface area contributed by atoms with E-state index in [0.29, 0.717) is 48.8 Å². The Morgan fingerprint density at radius 3 is 2.45 bits per heavy atom. The van der Waals surface area contributed by atoms with Crippen molar-refractivity contribution in [2.75, 3.05) is 37.9 Å². The summed E-state index contributed by atoms with van der Waals surface area (Å²) < 4.78 is 29.1. The van der Waals surface area contributed by atoms with Gasteiger partial charge >= 0.3 is 0 Å². The Kier molecular flexibility index (Phi) is 6.68. The lowest BCUT2D eigenvalue weighted by atomic mass is 9.92. The predicted molar refractivity (Wildman–Crippen MR) is 127 cm³/mol. The number of benzene rings is 2. The average Bonchev–Trinajstić information content (AvgIpc) is 2.82. The molecular weight excluding hydrogens is 464 g/mol. The minimum Gasteiger partial charge on any atom is -0.496 e. The molecular formula is C24H27ClN2O5S. The fourth-order valence-corrected chi connectivity index (χ4v) is 5.44. The summed E-state index contributed by atoms with van der Waals surface area (Å²) in [5.41, 5.74) is 2.10. The second-order valence-electron chi connectivity index (χ2n) is 8.57. The SMILES string of the molecule is COc1ccc(Cl)cc1C(=O)N1CCC(C(=O)N2CCCc3cc(S(C)(=O)=O)ccc32)CC1. The van der Waals surface area contributed by atoms with Crippen LogP contribution in [0.15, 0.2) is 41.3 Å². The number of methoxy groups -OCH3 is 1. The molecule has 2 aromatic rings. The van der Waals surface area contributed by atoms with Crippen LogP contribution in [0.4, 0.5) is 5.69 Å². The fraction of sp³-hybridized carbons (Fsp3) is 0.417. The second-order valence-corrected chi connectivity index (χ2v) is 11.0. The molecule has 0 spiro atoms. The molecule has 0 N–H and O–H groups in total. The maximum Gasteiger partial charge on any atom is 0.257 e. The summed E-state index contributed by atoms with van der Waals surface area (Å²) in [6.45, 7) is 1.56. The van der Waals surface area contributed by atoms with Gasteiger partial charge in [-0.2, -0.15) is 0 Å². The summed E-state index contributed by atoms with van der Waals surface area (Å²) in [6, 6.07) is 9.96. The summed E-state index contributed by atoms with van der Waals surface area (Å²) in [4.78, 5) is 30.2. The first kappa shape index (κ1) is 23.6. The maximum absolute atomic E-state index is 13.4. The molecule has 176 valence electrons. The van der Waals surface area contributed by atoms with Crippen LogP contribution in [-0.2, 0) is 21.1 Å². The van der Waals surface area contributed by atoms with Crippen LogP contribution in [-0.4, -0.2) is 58.1 Å². The number of hydrogen-bond acceptors (Lipinski definition) is 5. The standard InChI is InChI=1S/C24H27ClN2O5S/c1-32-22-8-5-18(25)15-20(22)24(29)26-12-9-16(10-13-26)23(28)27-11-3-4-17-14-19(33(2,30)31)6-7-21(17)27/h5-8,14-16H,3-4,9-13H2,1-2H3. The number of nitrogens with zero attached hydrogens (tertiary/aromatic N) is 2. The Hall–Kier alpha value is -2.58. The van der Waals surface area contributed by atoms with Gasteiger partial charge < -0.3 is 14.5 Å². The predicted octanol–water partition coefficient (Wildman–Crippen LogP) is 3.58. The average molecular weight is 491 g/mol. The Balaban J connectivity index is 1.46. The van der Waals surface area contributed by atoms with Crippen LogP contribution in [0.25, 0.3) is 0 Å². The third-order valence-corrected chi connectivity index (χ3v) is 7.73. The number of ether oxygens (including phenoxy) is 1. The monoisotopic (exact) mass is 490 g/mol. The van der Waals surface area contributed by atoms with Crippen molar-refractivity contribution in [2.24, 2.45) is 5.92 Å². The summed E-state index contributed by atoms with van der Waals surface area (Å²) in [5, 5.41) is 0.465. The summed E-state index contributed by atoms with van der Waals surface area (Å²) >= 11 is 6.07. The largest absolute Gasteiger partial charge is 0.496 e. The van der Waals surface area contributed by atoms with Crippen LogP contribution in [0, 0.1) is 5.92 Å². The highest BCUT2D eigenvalue weighted by Gasteiger charge is 2.33. The number of rotatable bonds is 4. The van der Waals surface area contributed by atoms with E-state index in [0.717, 1.165) is 24.1 Å². The third-order valence-electron chi connectivity index (χ3n) is 6.39. The molecule has 9 heteroatoms. The van der Waals surface area contributed by atoms with Gasteiger partial charge in [0.2, 0.25) is 5.91 Å². The van der Waals surface area contributed by atoms with Gasteiger partial charge in [0.25, 0.3) is 5.91 Å². The number of amides is 2. The lowest BCUT2D eigenvalue weighted by Crippen LogP contribution is -2.45. The highest BCUT2D eigenvalue weighted by molar-refractivity contribution is 7.90. The number of fused-ring (bicyclic) bond motifs is 1. The molecule has 2 heterocycles. The molecule has 1 fully saturated rings. The molecule has 1 saturated heterocycles. The molecule has 4 rings (SSSR count). The van der Waals surface area contributed by atoms with Gasteiger partial charge in [-0.25, -0.2) is 8.42 Å². The summed E-state index contributed by atoms with van der Waals surface area (Å²) in [6.07, 6.45) is 3.87. The van der Waals surface area contributed by atoms with Crippen LogP contribution >= 0.6 is 11.6 Å². The van der Waals surface area contributed by atoms with Gasteiger partial charge in [-0.3, -0.25) is 9.59 Å². The van der Waals surface area contributed by atoms with Crippen molar-refractivity contribution >= 4 is 38.9 Å². The lowest BCUT2D eigenvalue weighted by molar-refractivity contribution is -0.123. The van der Waals surface area contributed by atoms with Crippen LogP contribution in [0.3, 0.4) is 0 Å². The quantitative estimate of drug-likeness (QED) is 0.654. The topological polar surface area (TPSA) is 84.0 Å². The van der Waals surface area contributed by atoms with Gasteiger partial charge in [-0.1, -0.05) is 11.6 Å². The van der Waals surface area contributed by atoms with E-state index in [4.69, 9.17) is 16.3 Å². The molecule has 2 aliphatic rings. The van der Waals surface area contributed by atoms with E-state index in [-0.39, 0.29) is 22.6 Å². The molecule has 0 atom stereocenters. The minimum absolute atomic E-state index is 0.0375. The van der Waals surface area contributed by atoms with E-state index in [1.807, 2.05) is 0 Å². The molecule has 0 radical (unpaired) electrons. The second kappa shape index (κ2) is 9.35. The van der Waals surface area contributed by atoms with E-state index >= 15 is 0 Å². The molecule has 7 nitrogen and oxygen atoms in total. The van der Waals surface area contributed by atoms with E-state index in [1.54, 1.807) is 46.2 Å². The number of likely N-dealkylation sites (tertiary alicyclic amines) is 1. The smallest absolute Gasteiger partial charge is 0.257 e. The first-order valence-electron chi connectivity index (χ1n) is 11.0. The zero-order chi connectivity index (χ0) is 23.8. The van der Waals surface area contributed by atoms with Crippen molar-refractivity contribution in [1.82, 2.24) is 4.90 Å². The van der Waals surface area contributed by atoms with Crippen LogP contribution in [0.2, 0.25) is 5.02 Å². The normalized spacial score (nSPS) is 16.9. The van der Waals surface area contributed by atoms with Gasteiger partial charge in [-0.15, -0.1) is 0 Å². The van der Waals surface area contributed by atoms with Gasteiger partial charge in [-0.05, 0) is 67.6 Å². The minimum atomic E-state index is -3.30. The summed E-state index contributed by atoms with van der Waals surface area (Å²) in [5.74, 6) is 0.171. The number of aryl methyl sites for hydroxylation is 1. The number of halogens is 1. The van der Waals surface area contributed by atoms with Crippen molar-refractivity contribution in [1.29, 1.82) is 0 Å². The zero-order valence-corrected chi connectivity index (χ0v) is 20.3. The molecule has 2 aromatic carbocycles. The Morgan fingerprint density at radius 1 is 1.06 bits per heavy atom. The Labute approximate surface area is 199 Å². The molecule has 2 aliphatic heterocycles. The number of carbonyl (C=O) groups excluding carboxylic acids is 2. The first-order chi connectivity index (χ1) is 15.7. The van der Waals surface area contributed by atoms with Crippen molar-refractivity contribution < 1.29 is 22.7 Å². The van der Waals surface area contributed by atoms with Gasteiger partial charge in [0.15, 0.2) is 9.84 Å². The van der Waals surface area contributed by atoms with Gasteiger partial charge in [0.1, 0.15) is 5.75 Å². The molecule has 33 heavy (non-hydrogen) atoms. The maximum atomic E-state index is 13.4.